The van der Waals surface area contributed by atoms with E-state index in [1.165, 1.54) is 0 Å². The molecule has 1 rings (SSSR count). The minimum absolute atomic E-state index is 0.0247. The molecule has 4 N–H and O–H groups in total. The first-order valence-electron chi connectivity index (χ1n) is 5.02. The second-order valence-corrected chi connectivity index (χ2v) is 4.67. The van der Waals surface area contributed by atoms with Gasteiger partial charge in [0, 0.05) is 17.2 Å². The summed E-state index contributed by atoms with van der Waals surface area (Å²) in [6.07, 6.45) is 0. The quantitative estimate of drug-likeness (QED) is 0.508. The lowest BCUT2D eigenvalue weighted by molar-refractivity contribution is -0.112. The van der Waals surface area contributed by atoms with Gasteiger partial charge in [0.1, 0.15) is 0 Å². The van der Waals surface area contributed by atoms with Gasteiger partial charge in [-0.15, -0.1) is 0 Å². The molecule has 84 valence electrons. The summed E-state index contributed by atoms with van der Waals surface area (Å²) in [7, 11) is 0. The Morgan fingerprint density at radius 1 is 1.31 bits per heavy atom. The summed E-state index contributed by atoms with van der Waals surface area (Å²) in [4.78, 5) is 10.6. The molecule has 0 spiro atoms. The highest BCUT2D eigenvalue weighted by molar-refractivity contribution is 5.92. The number of hydrogen-bond donors (Lipinski definition) is 2. The summed E-state index contributed by atoms with van der Waals surface area (Å²) in [5.41, 5.74) is 13.1. The molecule has 3 nitrogen and oxygen atoms in total. The van der Waals surface area contributed by atoms with E-state index in [4.69, 9.17) is 11.5 Å². The van der Waals surface area contributed by atoms with Gasteiger partial charge in [0.2, 0.25) is 0 Å². The number of amides is 1. The molecule has 0 heterocycles. The third-order valence-electron chi connectivity index (χ3n) is 2.24. The Labute approximate surface area is 95.8 Å². The standard InChI is InChI=1S/C13H16N2O/c1-13(2,3)10-5-6-11(14)9(8-10)4-7-12(15)16/h5-6,8H,14H2,1-3H3,(H2,15,16). The lowest BCUT2D eigenvalue weighted by Gasteiger charge is -2.19. The highest BCUT2D eigenvalue weighted by atomic mass is 16.1. The summed E-state index contributed by atoms with van der Waals surface area (Å²) in [6.45, 7) is 6.30. The number of nitrogen functional groups attached to an aromatic ring is 1. The second-order valence-electron chi connectivity index (χ2n) is 4.67. The minimum Gasteiger partial charge on any atom is -0.398 e. The van der Waals surface area contributed by atoms with Gasteiger partial charge in [-0.25, -0.2) is 0 Å². The molecule has 0 aromatic heterocycles. The van der Waals surface area contributed by atoms with Gasteiger partial charge in [0.25, 0.3) is 5.91 Å². The van der Waals surface area contributed by atoms with Crippen LogP contribution in [0.3, 0.4) is 0 Å². The molecule has 1 aromatic carbocycles. The van der Waals surface area contributed by atoms with Gasteiger partial charge >= 0.3 is 0 Å². The lowest BCUT2D eigenvalue weighted by Crippen LogP contribution is -2.11. The molecule has 0 saturated heterocycles. The van der Waals surface area contributed by atoms with Crippen LogP contribution in [-0.2, 0) is 10.2 Å². The van der Waals surface area contributed by atoms with Crippen molar-refractivity contribution in [2.75, 3.05) is 5.73 Å². The summed E-state index contributed by atoms with van der Waals surface area (Å²) in [5, 5.41) is 0. The van der Waals surface area contributed by atoms with Crippen LogP contribution in [0.4, 0.5) is 5.69 Å². The van der Waals surface area contributed by atoms with Crippen molar-refractivity contribution >= 4 is 11.6 Å². The molecular weight excluding hydrogens is 200 g/mol. The number of nitrogens with two attached hydrogens (primary N) is 2. The number of carbonyl (C=O) groups excluding carboxylic acids is 1. The van der Waals surface area contributed by atoms with Gasteiger partial charge in [-0.1, -0.05) is 32.8 Å². The molecule has 1 amide bonds. The van der Waals surface area contributed by atoms with Crippen molar-refractivity contribution in [2.24, 2.45) is 5.73 Å². The molecule has 0 radical (unpaired) electrons. The average Bonchev–Trinajstić information content (AvgIpc) is 2.14. The van der Waals surface area contributed by atoms with Gasteiger partial charge in [-0.2, -0.15) is 0 Å². The Kier molecular flexibility index (Phi) is 3.24. The Morgan fingerprint density at radius 2 is 1.94 bits per heavy atom. The van der Waals surface area contributed by atoms with Crippen molar-refractivity contribution in [3.63, 3.8) is 0 Å². The monoisotopic (exact) mass is 216 g/mol. The minimum atomic E-state index is -0.652. The SMILES string of the molecule is CC(C)(C)c1ccc(N)c(C#CC(N)=O)c1. The molecule has 0 saturated carbocycles. The van der Waals surface area contributed by atoms with Crippen LogP contribution in [0, 0.1) is 11.8 Å². The molecule has 0 bridgehead atoms. The predicted molar refractivity (Wildman–Crippen MR) is 65.6 cm³/mol. The van der Waals surface area contributed by atoms with Crippen LogP contribution < -0.4 is 11.5 Å². The van der Waals surface area contributed by atoms with Crippen molar-refractivity contribution in [3.05, 3.63) is 29.3 Å². The smallest absolute Gasteiger partial charge is 0.293 e. The molecular formula is C13H16N2O. The van der Waals surface area contributed by atoms with E-state index in [-0.39, 0.29) is 5.41 Å². The highest BCUT2D eigenvalue weighted by Gasteiger charge is 2.14. The molecule has 0 fully saturated rings. The van der Waals surface area contributed by atoms with E-state index in [0.29, 0.717) is 11.3 Å². The Balaban J connectivity index is 3.21. The van der Waals surface area contributed by atoms with E-state index in [1.807, 2.05) is 12.1 Å². The van der Waals surface area contributed by atoms with Crippen LogP contribution in [0.1, 0.15) is 31.9 Å². The number of carbonyl (C=O) groups is 1. The molecule has 0 atom stereocenters. The van der Waals surface area contributed by atoms with Crippen molar-refractivity contribution in [1.82, 2.24) is 0 Å². The van der Waals surface area contributed by atoms with Crippen LogP contribution in [0.5, 0.6) is 0 Å². The fourth-order valence-electron chi connectivity index (χ4n) is 1.26. The zero-order chi connectivity index (χ0) is 12.3. The van der Waals surface area contributed by atoms with Gasteiger partial charge in [-0.05, 0) is 23.1 Å². The molecule has 16 heavy (non-hydrogen) atoms. The number of rotatable bonds is 0. The maximum atomic E-state index is 10.6. The van der Waals surface area contributed by atoms with Crippen LogP contribution in [0.15, 0.2) is 18.2 Å². The van der Waals surface area contributed by atoms with Crippen LogP contribution >= 0.6 is 0 Å². The van der Waals surface area contributed by atoms with Gasteiger partial charge < -0.3 is 11.5 Å². The number of benzene rings is 1. The third kappa shape index (κ3) is 3.03. The van der Waals surface area contributed by atoms with E-state index in [1.54, 1.807) is 6.07 Å². The van der Waals surface area contributed by atoms with E-state index >= 15 is 0 Å². The van der Waals surface area contributed by atoms with Crippen LogP contribution in [0.2, 0.25) is 0 Å². The zero-order valence-electron chi connectivity index (χ0n) is 9.79. The Bertz CT molecular complexity index is 473. The summed E-state index contributed by atoms with van der Waals surface area (Å²) >= 11 is 0. The van der Waals surface area contributed by atoms with Gasteiger partial charge in [-0.3, -0.25) is 4.79 Å². The fourth-order valence-corrected chi connectivity index (χ4v) is 1.26. The molecule has 0 aliphatic carbocycles. The normalized spacial score (nSPS) is 10.4. The highest BCUT2D eigenvalue weighted by Crippen LogP contribution is 2.25. The maximum absolute atomic E-state index is 10.6. The Hall–Kier alpha value is -1.95. The van der Waals surface area contributed by atoms with E-state index in [2.05, 4.69) is 32.6 Å². The fraction of sp³-hybridized carbons (Fsp3) is 0.308. The average molecular weight is 216 g/mol. The van der Waals surface area contributed by atoms with E-state index in [9.17, 15) is 4.79 Å². The van der Waals surface area contributed by atoms with E-state index in [0.717, 1.165) is 5.56 Å². The van der Waals surface area contributed by atoms with Crippen molar-refractivity contribution in [3.8, 4) is 11.8 Å². The molecule has 1 aromatic rings. The second kappa shape index (κ2) is 4.28. The van der Waals surface area contributed by atoms with Gasteiger partial charge in [0.05, 0.1) is 0 Å². The first-order chi connectivity index (χ1) is 7.30. The maximum Gasteiger partial charge on any atom is 0.293 e. The molecule has 0 unspecified atom stereocenters. The first-order valence-corrected chi connectivity index (χ1v) is 5.02. The number of primary amides is 1. The van der Waals surface area contributed by atoms with Crippen LogP contribution in [-0.4, -0.2) is 5.91 Å². The van der Waals surface area contributed by atoms with Crippen molar-refractivity contribution in [1.29, 1.82) is 0 Å². The van der Waals surface area contributed by atoms with Crippen LogP contribution in [0.25, 0.3) is 0 Å². The summed E-state index contributed by atoms with van der Waals surface area (Å²) in [6, 6.07) is 5.65. The first kappa shape index (κ1) is 12.1. The van der Waals surface area contributed by atoms with E-state index < -0.39 is 5.91 Å². The molecule has 3 heteroatoms. The largest absolute Gasteiger partial charge is 0.398 e. The number of anilines is 1. The summed E-state index contributed by atoms with van der Waals surface area (Å²) < 4.78 is 0. The lowest BCUT2D eigenvalue weighted by atomic mass is 9.86. The topological polar surface area (TPSA) is 69.1 Å². The Morgan fingerprint density at radius 3 is 2.44 bits per heavy atom. The van der Waals surface area contributed by atoms with Crippen molar-refractivity contribution < 1.29 is 4.79 Å². The van der Waals surface area contributed by atoms with Gasteiger partial charge in [0.15, 0.2) is 0 Å². The molecule has 0 aliphatic rings. The summed E-state index contributed by atoms with van der Waals surface area (Å²) in [5.74, 6) is 4.31. The third-order valence-corrected chi connectivity index (χ3v) is 2.24. The van der Waals surface area contributed by atoms with Crippen molar-refractivity contribution in [2.45, 2.75) is 26.2 Å². The molecule has 0 aliphatic heterocycles. The zero-order valence-corrected chi connectivity index (χ0v) is 9.79. The predicted octanol–water partition coefficient (Wildman–Crippen LogP) is 1.40. The number of hydrogen-bond acceptors (Lipinski definition) is 2.